The first kappa shape index (κ1) is 30.9. The topological polar surface area (TPSA) is 168 Å². The molecular formula is C30H27FN6O7S. The van der Waals surface area contributed by atoms with Crippen LogP contribution in [0.15, 0.2) is 78.1 Å². The van der Waals surface area contributed by atoms with Crippen LogP contribution in [0.4, 0.5) is 10.1 Å². The van der Waals surface area contributed by atoms with Crippen LogP contribution in [0.1, 0.15) is 21.5 Å². The number of carbonyl (C=O) groups excluding carboxylic acids is 1. The van der Waals surface area contributed by atoms with Crippen LogP contribution in [-0.4, -0.2) is 60.2 Å². The number of rotatable bonds is 12. The van der Waals surface area contributed by atoms with Crippen molar-refractivity contribution in [3.8, 4) is 34.5 Å². The first-order valence-corrected chi connectivity index (χ1v) is 15.1. The molecule has 0 saturated heterocycles. The number of benzene rings is 3. The number of H-pyrrole nitrogens is 1. The molecule has 0 fully saturated rings. The summed E-state index contributed by atoms with van der Waals surface area (Å²) in [5.41, 5.74) is 1.57. The highest BCUT2D eigenvalue weighted by molar-refractivity contribution is 7.90. The van der Waals surface area contributed by atoms with Crippen LogP contribution in [-0.2, 0) is 23.1 Å². The van der Waals surface area contributed by atoms with Gasteiger partial charge in [-0.05, 0) is 53.6 Å². The summed E-state index contributed by atoms with van der Waals surface area (Å²) in [6.45, 7) is -0.188. The molecule has 2 N–H and O–H groups in total. The van der Waals surface area contributed by atoms with Crippen LogP contribution < -0.4 is 24.3 Å². The molecule has 0 saturated carbocycles. The Morgan fingerprint density at radius 2 is 1.42 bits per heavy atom. The molecule has 1 amide bonds. The van der Waals surface area contributed by atoms with Gasteiger partial charge in [-0.2, -0.15) is 25.4 Å². The second-order valence-corrected chi connectivity index (χ2v) is 11.5. The standard InChI is InChI=1S/C30H27FN6O7S/c1-41-21-9-4-18(5-10-21)16-43-28-26(27(38)33-20-8-13-23(24(31)14-20)25-15-32-37-36-25)29(35-30(34-28)45(3,39)40)44-17-19-6-11-22(42-2)12-7-19/h4-15H,16-17H2,1-3H3,(H,33,38)(H,32,36,37). The Hall–Kier alpha value is -5.57. The Bertz CT molecular complexity index is 1830. The van der Waals surface area contributed by atoms with Crippen LogP contribution in [0.25, 0.3) is 11.3 Å². The predicted octanol–water partition coefficient (Wildman–Crippen LogP) is 4.23. The van der Waals surface area contributed by atoms with E-state index in [2.05, 4.69) is 30.7 Å². The lowest BCUT2D eigenvalue weighted by Crippen LogP contribution is -2.19. The molecule has 0 radical (unpaired) electrons. The average molecular weight is 635 g/mol. The number of anilines is 1. The van der Waals surface area contributed by atoms with Crippen LogP contribution >= 0.6 is 0 Å². The van der Waals surface area contributed by atoms with E-state index in [1.54, 1.807) is 48.5 Å². The van der Waals surface area contributed by atoms with Gasteiger partial charge in [0.25, 0.3) is 11.1 Å². The van der Waals surface area contributed by atoms with Crippen molar-refractivity contribution in [2.24, 2.45) is 0 Å². The Kier molecular flexibility index (Phi) is 9.18. The summed E-state index contributed by atoms with van der Waals surface area (Å²) in [5.74, 6) is -0.978. The number of sulfone groups is 1. The minimum atomic E-state index is -3.98. The van der Waals surface area contributed by atoms with Gasteiger partial charge in [-0.25, -0.2) is 12.8 Å². The third-order valence-electron chi connectivity index (χ3n) is 6.37. The smallest absolute Gasteiger partial charge is 0.266 e. The molecule has 0 aliphatic carbocycles. The molecule has 2 heterocycles. The summed E-state index contributed by atoms with van der Waals surface area (Å²) in [6, 6.07) is 17.8. The van der Waals surface area contributed by atoms with Crippen LogP contribution in [0.5, 0.6) is 23.3 Å². The van der Waals surface area contributed by atoms with E-state index in [4.69, 9.17) is 18.9 Å². The molecule has 0 spiro atoms. The lowest BCUT2D eigenvalue weighted by Gasteiger charge is -2.16. The number of aromatic amines is 1. The Balaban J connectivity index is 1.51. The minimum Gasteiger partial charge on any atom is -0.497 e. The molecule has 0 atom stereocenters. The molecule has 0 unspecified atom stereocenters. The van der Waals surface area contributed by atoms with Gasteiger partial charge >= 0.3 is 0 Å². The van der Waals surface area contributed by atoms with E-state index in [0.29, 0.717) is 22.6 Å². The van der Waals surface area contributed by atoms with E-state index in [0.717, 1.165) is 12.3 Å². The molecule has 232 valence electrons. The van der Waals surface area contributed by atoms with Crippen molar-refractivity contribution in [3.63, 3.8) is 0 Å². The summed E-state index contributed by atoms with van der Waals surface area (Å²) < 4.78 is 62.2. The number of nitrogens with one attached hydrogen (secondary N) is 2. The zero-order chi connectivity index (χ0) is 32.0. The molecule has 15 heteroatoms. The normalized spacial score (nSPS) is 11.1. The number of amides is 1. The number of carbonyl (C=O) groups is 1. The second kappa shape index (κ2) is 13.4. The van der Waals surface area contributed by atoms with E-state index in [9.17, 15) is 17.6 Å². The molecular weight excluding hydrogens is 607 g/mol. The molecule has 0 aliphatic heterocycles. The highest BCUT2D eigenvalue weighted by Gasteiger charge is 2.28. The summed E-state index contributed by atoms with van der Waals surface area (Å²) in [7, 11) is -0.909. The second-order valence-electron chi connectivity index (χ2n) is 9.54. The third-order valence-corrected chi connectivity index (χ3v) is 7.21. The van der Waals surface area contributed by atoms with Gasteiger partial charge in [0.15, 0.2) is 5.56 Å². The lowest BCUT2D eigenvalue weighted by molar-refractivity contribution is 0.101. The molecule has 45 heavy (non-hydrogen) atoms. The number of hydrogen-bond donors (Lipinski definition) is 2. The van der Waals surface area contributed by atoms with Crippen molar-refractivity contribution in [1.82, 2.24) is 25.4 Å². The highest BCUT2D eigenvalue weighted by Crippen LogP contribution is 2.31. The van der Waals surface area contributed by atoms with Crippen molar-refractivity contribution in [2.45, 2.75) is 18.4 Å². The monoisotopic (exact) mass is 634 g/mol. The van der Waals surface area contributed by atoms with Gasteiger partial charge in [0, 0.05) is 17.5 Å². The Morgan fingerprint density at radius 3 is 1.87 bits per heavy atom. The number of hydrogen-bond acceptors (Lipinski definition) is 11. The van der Waals surface area contributed by atoms with Gasteiger partial charge in [-0.15, -0.1) is 0 Å². The number of methoxy groups -OCH3 is 2. The maximum absolute atomic E-state index is 14.9. The summed E-state index contributed by atoms with van der Waals surface area (Å²) in [6.07, 6.45) is 2.28. The van der Waals surface area contributed by atoms with Gasteiger partial charge in [-0.3, -0.25) is 4.79 Å². The minimum absolute atomic E-state index is 0.0825. The first-order valence-electron chi connectivity index (χ1n) is 13.2. The van der Waals surface area contributed by atoms with Crippen molar-refractivity contribution in [1.29, 1.82) is 0 Å². The van der Waals surface area contributed by atoms with Gasteiger partial charge in [0.05, 0.1) is 20.4 Å². The van der Waals surface area contributed by atoms with E-state index in [1.807, 2.05) is 0 Å². The SMILES string of the molecule is COc1ccc(COc2nc(S(C)(=O)=O)nc(OCc3ccc(OC)cc3)c2C(=O)Nc2ccc(-c3cn[nH]n3)c(F)c2)cc1. The number of aromatic nitrogens is 5. The van der Waals surface area contributed by atoms with Crippen LogP contribution in [0.2, 0.25) is 0 Å². The van der Waals surface area contributed by atoms with E-state index >= 15 is 0 Å². The average Bonchev–Trinajstić information content (AvgIpc) is 3.57. The summed E-state index contributed by atoms with van der Waals surface area (Å²) in [5, 5.41) is 11.9. The van der Waals surface area contributed by atoms with Crippen molar-refractivity contribution < 1.29 is 36.6 Å². The molecule has 0 bridgehead atoms. The third kappa shape index (κ3) is 7.51. The zero-order valence-corrected chi connectivity index (χ0v) is 25.1. The molecule has 2 aromatic heterocycles. The summed E-state index contributed by atoms with van der Waals surface area (Å²) in [4.78, 5) is 21.9. The fourth-order valence-corrected chi connectivity index (χ4v) is 4.54. The number of ether oxygens (including phenoxy) is 4. The highest BCUT2D eigenvalue weighted by atomic mass is 32.2. The molecule has 0 aliphatic rings. The number of nitrogens with zero attached hydrogens (tertiary/aromatic N) is 4. The Morgan fingerprint density at radius 1 is 0.867 bits per heavy atom. The van der Waals surface area contributed by atoms with Crippen molar-refractivity contribution >= 4 is 21.4 Å². The summed E-state index contributed by atoms with van der Waals surface area (Å²) >= 11 is 0. The fraction of sp³-hybridized carbons (Fsp3) is 0.167. The zero-order valence-electron chi connectivity index (χ0n) is 24.3. The van der Waals surface area contributed by atoms with E-state index < -0.39 is 26.7 Å². The number of halogens is 1. The lowest BCUT2D eigenvalue weighted by atomic mass is 10.1. The maximum atomic E-state index is 14.9. The maximum Gasteiger partial charge on any atom is 0.266 e. The van der Waals surface area contributed by atoms with E-state index in [1.165, 1.54) is 32.5 Å². The quantitative estimate of drug-likeness (QED) is 0.189. The molecule has 13 nitrogen and oxygen atoms in total. The van der Waals surface area contributed by atoms with E-state index in [-0.39, 0.29) is 47.5 Å². The van der Waals surface area contributed by atoms with Gasteiger partial charge < -0.3 is 24.3 Å². The predicted molar refractivity (Wildman–Crippen MR) is 160 cm³/mol. The molecule has 3 aromatic carbocycles. The van der Waals surface area contributed by atoms with Crippen molar-refractivity contribution in [2.75, 3.05) is 25.8 Å². The first-order chi connectivity index (χ1) is 21.6. The van der Waals surface area contributed by atoms with Gasteiger partial charge in [0.2, 0.25) is 21.6 Å². The van der Waals surface area contributed by atoms with Gasteiger partial charge in [0.1, 0.15) is 36.2 Å². The van der Waals surface area contributed by atoms with Crippen LogP contribution in [0.3, 0.4) is 0 Å². The molecule has 5 aromatic rings. The van der Waals surface area contributed by atoms with Gasteiger partial charge in [-0.1, -0.05) is 24.3 Å². The van der Waals surface area contributed by atoms with Crippen LogP contribution in [0, 0.1) is 5.82 Å². The fourth-order valence-electron chi connectivity index (χ4n) is 4.04. The largest absolute Gasteiger partial charge is 0.497 e. The van der Waals surface area contributed by atoms with Crippen molar-refractivity contribution in [3.05, 3.63) is 95.4 Å². The Labute approximate surface area is 257 Å². The molecule has 5 rings (SSSR count).